The molecule has 1 aliphatic carbocycles. The first-order valence-electron chi connectivity index (χ1n) is 6.93. The van der Waals surface area contributed by atoms with Gasteiger partial charge in [0, 0.05) is 22.0 Å². The van der Waals surface area contributed by atoms with Crippen LogP contribution in [0.15, 0.2) is 30.3 Å². The van der Waals surface area contributed by atoms with Gasteiger partial charge in [0.05, 0.1) is 2.88 Å². The van der Waals surface area contributed by atoms with Crippen LogP contribution in [0, 0.1) is 2.88 Å². The van der Waals surface area contributed by atoms with Crippen molar-refractivity contribution in [3.05, 3.63) is 54.2 Å². The topological polar surface area (TPSA) is 12.0 Å². The fourth-order valence-electron chi connectivity index (χ4n) is 2.87. The summed E-state index contributed by atoms with van der Waals surface area (Å²) in [5, 5.41) is 4.59. The third-order valence-corrected chi connectivity index (χ3v) is 6.09. The quantitative estimate of drug-likeness (QED) is 0.628. The molecule has 0 fully saturated rings. The summed E-state index contributed by atoms with van der Waals surface area (Å²) in [5.41, 5.74) is 2.77. The monoisotopic (exact) mass is 417 g/mol. The largest absolute Gasteiger partial charge is 0.303 e. The van der Waals surface area contributed by atoms with Gasteiger partial charge >= 0.3 is 0 Å². The van der Waals surface area contributed by atoms with Gasteiger partial charge in [0.2, 0.25) is 0 Å². The SMILES string of the molecule is C[C@H](NC1CCCc2sc(I)cc21)c1cccc(Cl)c1. The number of halogens is 2. The standard InChI is InChI=1S/C16H17ClINS/c1-10(11-4-2-5-12(17)8-11)19-14-6-3-7-15-13(14)9-16(18)20-15/h2,4-5,8-10,14,19H,3,6-7H2,1H3/t10-,14?/m0/s1. The first-order chi connectivity index (χ1) is 9.63. The molecule has 2 atom stereocenters. The van der Waals surface area contributed by atoms with E-state index in [1.54, 1.807) is 4.88 Å². The molecule has 1 nitrogen and oxygen atoms in total. The van der Waals surface area contributed by atoms with E-state index in [1.807, 2.05) is 23.5 Å². The lowest BCUT2D eigenvalue weighted by atomic mass is 9.93. The van der Waals surface area contributed by atoms with Gasteiger partial charge in [0.25, 0.3) is 0 Å². The molecule has 1 unspecified atom stereocenters. The summed E-state index contributed by atoms with van der Waals surface area (Å²) in [6.07, 6.45) is 3.75. The van der Waals surface area contributed by atoms with Crippen molar-refractivity contribution in [2.45, 2.75) is 38.3 Å². The lowest BCUT2D eigenvalue weighted by molar-refractivity contribution is 0.418. The Balaban J connectivity index is 1.78. The minimum absolute atomic E-state index is 0.321. The van der Waals surface area contributed by atoms with Gasteiger partial charge in [0.1, 0.15) is 0 Å². The lowest BCUT2D eigenvalue weighted by Crippen LogP contribution is -2.27. The lowest BCUT2D eigenvalue weighted by Gasteiger charge is -2.27. The Kier molecular flexibility index (Phi) is 4.70. The molecular weight excluding hydrogens is 401 g/mol. The van der Waals surface area contributed by atoms with E-state index >= 15 is 0 Å². The zero-order chi connectivity index (χ0) is 14.1. The molecule has 1 N–H and O–H groups in total. The minimum atomic E-state index is 0.321. The van der Waals surface area contributed by atoms with Crippen molar-refractivity contribution in [1.29, 1.82) is 0 Å². The summed E-state index contributed by atoms with van der Waals surface area (Å²) >= 11 is 10.5. The smallest absolute Gasteiger partial charge is 0.0659 e. The fraction of sp³-hybridized carbons (Fsp3) is 0.375. The van der Waals surface area contributed by atoms with Crippen LogP contribution in [0.25, 0.3) is 0 Å². The van der Waals surface area contributed by atoms with Crippen LogP contribution in [-0.4, -0.2) is 0 Å². The van der Waals surface area contributed by atoms with Crippen molar-refractivity contribution in [3.8, 4) is 0 Å². The Hall–Kier alpha value is -0.100. The molecule has 0 aliphatic heterocycles. The molecule has 0 saturated heterocycles. The second-order valence-electron chi connectivity index (χ2n) is 5.32. The van der Waals surface area contributed by atoms with Crippen molar-refractivity contribution in [2.24, 2.45) is 0 Å². The van der Waals surface area contributed by atoms with Gasteiger partial charge in [-0.15, -0.1) is 11.3 Å². The predicted molar refractivity (Wildman–Crippen MR) is 95.7 cm³/mol. The first kappa shape index (κ1) is 14.8. The van der Waals surface area contributed by atoms with Crippen LogP contribution < -0.4 is 5.32 Å². The molecule has 0 spiro atoms. The number of thiophene rings is 1. The molecule has 0 saturated carbocycles. The molecule has 4 heteroatoms. The summed E-state index contributed by atoms with van der Waals surface area (Å²) in [6.45, 7) is 2.22. The Morgan fingerprint density at radius 3 is 3.05 bits per heavy atom. The molecule has 1 aromatic carbocycles. The normalized spacial score (nSPS) is 19.6. The second-order valence-corrected chi connectivity index (χ2v) is 8.78. The number of fused-ring (bicyclic) bond motifs is 1. The van der Waals surface area contributed by atoms with Crippen molar-refractivity contribution < 1.29 is 0 Å². The number of nitrogens with one attached hydrogen (secondary N) is 1. The highest BCUT2D eigenvalue weighted by Crippen LogP contribution is 2.37. The molecule has 0 amide bonds. The van der Waals surface area contributed by atoms with Crippen molar-refractivity contribution in [1.82, 2.24) is 5.32 Å². The maximum atomic E-state index is 6.09. The highest BCUT2D eigenvalue weighted by atomic mass is 127. The Bertz CT molecular complexity index is 610. The number of hydrogen-bond donors (Lipinski definition) is 1. The fourth-order valence-corrected chi connectivity index (χ4v) is 5.19. The molecule has 3 rings (SSSR count). The van der Waals surface area contributed by atoms with E-state index in [2.05, 4.69) is 53.0 Å². The average molecular weight is 418 g/mol. The van der Waals surface area contributed by atoms with E-state index in [0.717, 1.165) is 5.02 Å². The second kappa shape index (κ2) is 6.34. The highest BCUT2D eigenvalue weighted by Gasteiger charge is 2.24. The van der Waals surface area contributed by atoms with Gasteiger partial charge in [-0.25, -0.2) is 0 Å². The van der Waals surface area contributed by atoms with Gasteiger partial charge < -0.3 is 5.32 Å². The van der Waals surface area contributed by atoms with Gasteiger partial charge in [-0.2, -0.15) is 0 Å². The van der Waals surface area contributed by atoms with E-state index in [0.29, 0.717) is 12.1 Å². The van der Waals surface area contributed by atoms with Crippen LogP contribution in [-0.2, 0) is 6.42 Å². The van der Waals surface area contributed by atoms with Crippen molar-refractivity contribution in [3.63, 3.8) is 0 Å². The van der Waals surface area contributed by atoms with Crippen LogP contribution in [0.3, 0.4) is 0 Å². The molecule has 0 radical (unpaired) electrons. The van der Waals surface area contributed by atoms with Gasteiger partial charge in [0.15, 0.2) is 0 Å². The first-order valence-corrected chi connectivity index (χ1v) is 9.20. The summed E-state index contributed by atoms with van der Waals surface area (Å²) in [5.74, 6) is 0. The third kappa shape index (κ3) is 3.21. The Labute approximate surface area is 142 Å². The van der Waals surface area contributed by atoms with E-state index in [4.69, 9.17) is 11.6 Å². The molecule has 0 bridgehead atoms. The van der Waals surface area contributed by atoms with Crippen molar-refractivity contribution in [2.75, 3.05) is 0 Å². The zero-order valence-corrected chi connectivity index (χ0v) is 15.1. The summed E-state index contributed by atoms with van der Waals surface area (Å²) in [6, 6.07) is 11.3. The molecule has 2 aromatic rings. The summed E-state index contributed by atoms with van der Waals surface area (Å²) < 4.78 is 1.40. The van der Waals surface area contributed by atoms with Gasteiger partial charge in [-0.05, 0) is 78.1 Å². The number of rotatable bonds is 3. The molecule has 20 heavy (non-hydrogen) atoms. The predicted octanol–water partition coefficient (Wildman–Crippen LogP) is 5.73. The maximum Gasteiger partial charge on any atom is 0.0659 e. The zero-order valence-electron chi connectivity index (χ0n) is 11.3. The third-order valence-electron chi connectivity index (χ3n) is 3.88. The van der Waals surface area contributed by atoms with E-state index in [9.17, 15) is 0 Å². The van der Waals surface area contributed by atoms with Gasteiger partial charge in [-0.1, -0.05) is 23.7 Å². The average Bonchev–Trinajstić information content (AvgIpc) is 2.80. The van der Waals surface area contributed by atoms with Crippen LogP contribution in [0.4, 0.5) is 0 Å². The molecular formula is C16H17ClINS. The Morgan fingerprint density at radius 2 is 2.25 bits per heavy atom. The van der Waals surface area contributed by atoms with Crippen LogP contribution in [0.2, 0.25) is 5.02 Å². The van der Waals surface area contributed by atoms with Crippen molar-refractivity contribution >= 4 is 45.5 Å². The van der Waals surface area contributed by atoms with E-state index in [-0.39, 0.29) is 0 Å². The maximum absolute atomic E-state index is 6.09. The Morgan fingerprint density at radius 1 is 1.40 bits per heavy atom. The molecule has 1 aliphatic rings. The molecule has 1 aromatic heterocycles. The minimum Gasteiger partial charge on any atom is -0.303 e. The molecule has 106 valence electrons. The highest BCUT2D eigenvalue weighted by molar-refractivity contribution is 14.1. The summed E-state index contributed by atoms with van der Waals surface area (Å²) in [4.78, 5) is 1.57. The van der Waals surface area contributed by atoms with E-state index < -0.39 is 0 Å². The van der Waals surface area contributed by atoms with Crippen LogP contribution >= 0.6 is 45.5 Å². The molecule has 1 heterocycles. The summed E-state index contributed by atoms with van der Waals surface area (Å²) in [7, 11) is 0. The van der Waals surface area contributed by atoms with Crippen LogP contribution in [0.5, 0.6) is 0 Å². The number of aryl methyl sites for hydroxylation is 1. The van der Waals surface area contributed by atoms with E-state index in [1.165, 1.54) is 33.3 Å². The number of hydrogen-bond acceptors (Lipinski definition) is 2. The number of benzene rings is 1. The van der Waals surface area contributed by atoms with Crippen LogP contribution in [0.1, 0.15) is 47.9 Å². The van der Waals surface area contributed by atoms with Gasteiger partial charge in [-0.3, -0.25) is 0 Å².